The van der Waals surface area contributed by atoms with Gasteiger partial charge in [0, 0.05) is 18.7 Å². The third-order valence-corrected chi connectivity index (χ3v) is 5.44. The molecule has 1 unspecified atom stereocenters. The molecule has 1 saturated heterocycles. The van der Waals surface area contributed by atoms with E-state index in [1.807, 2.05) is 30.3 Å². The average Bonchev–Trinajstić information content (AvgIpc) is 3.10. The van der Waals surface area contributed by atoms with Crippen molar-refractivity contribution in [3.05, 3.63) is 71.3 Å². The molecule has 0 radical (unpaired) electrons. The van der Waals surface area contributed by atoms with Crippen molar-refractivity contribution in [3.8, 4) is 0 Å². The number of nitrogens with zero attached hydrogens (tertiary/aromatic N) is 1. The van der Waals surface area contributed by atoms with Crippen molar-refractivity contribution in [1.82, 2.24) is 4.90 Å². The highest BCUT2D eigenvalue weighted by Gasteiger charge is 2.34. The van der Waals surface area contributed by atoms with Crippen molar-refractivity contribution < 1.29 is 18.0 Å². The van der Waals surface area contributed by atoms with E-state index in [0.717, 1.165) is 23.4 Å². The van der Waals surface area contributed by atoms with E-state index < -0.39 is 11.7 Å². The van der Waals surface area contributed by atoms with Crippen molar-refractivity contribution in [1.29, 1.82) is 0 Å². The fraction of sp³-hybridized carbons (Fsp3) is 0.316. The van der Waals surface area contributed by atoms with E-state index in [1.54, 1.807) is 11.0 Å². The van der Waals surface area contributed by atoms with Crippen LogP contribution in [0.5, 0.6) is 0 Å². The van der Waals surface area contributed by atoms with Crippen LogP contribution in [-0.4, -0.2) is 23.1 Å². The van der Waals surface area contributed by atoms with Gasteiger partial charge in [-0.05, 0) is 29.7 Å². The van der Waals surface area contributed by atoms with Crippen LogP contribution >= 0.6 is 11.8 Å². The van der Waals surface area contributed by atoms with E-state index >= 15 is 0 Å². The molecule has 132 valence electrons. The molecule has 0 aromatic heterocycles. The van der Waals surface area contributed by atoms with Gasteiger partial charge in [-0.3, -0.25) is 4.79 Å². The molecule has 1 aliphatic rings. The number of hydrogen-bond donors (Lipinski definition) is 0. The lowest BCUT2D eigenvalue weighted by Crippen LogP contribution is -2.30. The molecule has 25 heavy (non-hydrogen) atoms. The number of thioether (sulfide) groups is 1. The van der Waals surface area contributed by atoms with E-state index in [0.29, 0.717) is 24.9 Å². The lowest BCUT2D eigenvalue weighted by atomic mass is 10.1. The van der Waals surface area contributed by atoms with Crippen LogP contribution in [0.15, 0.2) is 54.6 Å². The first kappa shape index (κ1) is 17.9. The summed E-state index contributed by atoms with van der Waals surface area (Å²) in [6, 6.07) is 15.0. The summed E-state index contributed by atoms with van der Waals surface area (Å²) in [7, 11) is 0. The van der Waals surface area contributed by atoms with E-state index in [1.165, 1.54) is 17.8 Å². The van der Waals surface area contributed by atoms with Crippen molar-refractivity contribution >= 4 is 17.7 Å². The summed E-state index contributed by atoms with van der Waals surface area (Å²) in [5.74, 6) is 0.717. The molecule has 1 aliphatic heterocycles. The van der Waals surface area contributed by atoms with Crippen LogP contribution in [0.4, 0.5) is 13.2 Å². The standard InChI is InChI=1S/C19H18F3NOS/c20-19(21,22)16-8-4-7-15(13-16)18-23(11-12-25-18)17(24)10-9-14-5-2-1-3-6-14/h1-8,13,18H,9-12H2. The van der Waals surface area contributed by atoms with Crippen LogP contribution in [0.2, 0.25) is 0 Å². The largest absolute Gasteiger partial charge is 0.416 e. The van der Waals surface area contributed by atoms with Gasteiger partial charge in [0.05, 0.1) is 5.56 Å². The SMILES string of the molecule is O=C(CCc1ccccc1)N1CCSC1c1cccc(C(F)(F)F)c1. The number of aryl methyl sites for hydroxylation is 1. The third kappa shape index (κ3) is 4.37. The highest BCUT2D eigenvalue weighted by Crippen LogP contribution is 2.40. The van der Waals surface area contributed by atoms with Gasteiger partial charge in [0.2, 0.25) is 5.91 Å². The molecule has 0 aliphatic carbocycles. The Morgan fingerprint density at radius 3 is 2.60 bits per heavy atom. The monoisotopic (exact) mass is 365 g/mol. The second kappa shape index (κ2) is 7.52. The molecule has 0 N–H and O–H groups in total. The summed E-state index contributed by atoms with van der Waals surface area (Å²) in [6.45, 7) is 0.569. The molecule has 2 nitrogen and oxygen atoms in total. The van der Waals surface area contributed by atoms with Crippen LogP contribution < -0.4 is 0 Å². The van der Waals surface area contributed by atoms with E-state index in [2.05, 4.69) is 0 Å². The van der Waals surface area contributed by atoms with E-state index in [9.17, 15) is 18.0 Å². The highest BCUT2D eigenvalue weighted by atomic mass is 32.2. The zero-order valence-corrected chi connectivity index (χ0v) is 14.3. The molecule has 0 spiro atoms. The molecule has 0 saturated carbocycles. The fourth-order valence-electron chi connectivity index (χ4n) is 2.91. The number of carbonyl (C=O) groups excluding carboxylic acids is 1. The number of amides is 1. The normalized spacial score (nSPS) is 17.7. The average molecular weight is 365 g/mol. The lowest BCUT2D eigenvalue weighted by Gasteiger charge is -2.25. The molecule has 1 atom stereocenters. The van der Waals surface area contributed by atoms with Crippen LogP contribution in [0, 0.1) is 0 Å². The van der Waals surface area contributed by atoms with E-state index in [-0.39, 0.29) is 11.3 Å². The van der Waals surface area contributed by atoms with Crippen LogP contribution in [-0.2, 0) is 17.4 Å². The Bertz CT molecular complexity index is 733. The van der Waals surface area contributed by atoms with Gasteiger partial charge in [0.25, 0.3) is 0 Å². The van der Waals surface area contributed by atoms with Crippen molar-refractivity contribution in [2.45, 2.75) is 24.4 Å². The van der Waals surface area contributed by atoms with Crippen molar-refractivity contribution in [2.75, 3.05) is 12.3 Å². The summed E-state index contributed by atoms with van der Waals surface area (Å²) in [4.78, 5) is 14.3. The molecule has 0 bridgehead atoms. The van der Waals surface area contributed by atoms with Crippen molar-refractivity contribution in [3.63, 3.8) is 0 Å². The van der Waals surface area contributed by atoms with Gasteiger partial charge < -0.3 is 4.90 Å². The second-order valence-corrected chi connectivity index (χ2v) is 7.11. The summed E-state index contributed by atoms with van der Waals surface area (Å²) in [5.41, 5.74) is 0.942. The first-order valence-corrected chi connectivity index (χ1v) is 9.12. The molecule has 1 heterocycles. The Kier molecular flexibility index (Phi) is 5.37. The molecular formula is C19H18F3NOS. The number of halogens is 3. The minimum Gasteiger partial charge on any atom is -0.326 e. The van der Waals surface area contributed by atoms with E-state index in [4.69, 9.17) is 0 Å². The molecule has 1 fully saturated rings. The minimum atomic E-state index is -4.37. The third-order valence-electron chi connectivity index (χ3n) is 4.18. The Labute approximate surface area is 149 Å². The van der Waals surface area contributed by atoms with Gasteiger partial charge in [-0.15, -0.1) is 11.8 Å². The molecule has 3 rings (SSSR count). The van der Waals surface area contributed by atoms with Gasteiger partial charge in [0.1, 0.15) is 5.37 Å². The number of alkyl halides is 3. The number of carbonyl (C=O) groups is 1. The summed E-state index contributed by atoms with van der Waals surface area (Å²) in [5, 5.41) is -0.342. The van der Waals surface area contributed by atoms with Gasteiger partial charge >= 0.3 is 6.18 Å². The predicted octanol–water partition coefficient (Wildman–Crippen LogP) is 4.91. The lowest BCUT2D eigenvalue weighted by molar-refractivity contribution is -0.137. The minimum absolute atomic E-state index is 0.0173. The number of benzene rings is 2. The summed E-state index contributed by atoms with van der Waals surface area (Å²) >= 11 is 1.51. The smallest absolute Gasteiger partial charge is 0.326 e. The van der Waals surface area contributed by atoms with Gasteiger partial charge in [-0.25, -0.2) is 0 Å². The van der Waals surface area contributed by atoms with Gasteiger partial charge in [-0.2, -0.15) is 13.2 Å². The Morgan fingerprint density at radius 2 is 1.88 bits per heavy atom. The highest BCUT2D eigenvalue weighted by molar-refractivity contribution is 7.99. The molecule has 1 amide bonds. The Balaban J connectivity index is 1.71. The summed E-state index contributed by atoms with van der Waals surface area (Å²) in [6.07, 6.45) is -3.38. The molecule has 2 aromatic rings. The number of rotatable bonds is 4. The number of hydrogen-bond acceptors (Lipinski definition) is 2. The van der Waals surface area contributed by atoms with Gasteiger partial charge in [0.15, 0.2) is 0 Å². The van der Waals surface area contributed by atoms with Crippen molar-refractivity contribution in [2.24, 2.45) is 0 Å². The maximum Gasteiger partial charge on any atom is 0.416 e. The molecule has 6 heteroatoms. The maximum absolute atomic E-state index is 12.9. The molecular weight excluding hydrogens is 347 g/mol. The zero-order valence-electron chi connectivity index (χ0n) is 13.5. The topological polar surface area (TPSA) is 20.3 Å². The Hall–Kier alpha value is -1.95. The zero-order chi connectivity index (χ0) is 17.9. The summed E-state index contributed by atoms with van der Waals surface area (Å²) < 4.78 is 38.8. The second-order valence-electron chi connectivity index (χ2n) is 5.92. The molecule has 2 aromatic carbocycles. The predicted molar refractivity (Wildman–Crippen MR) is 93.1 cm³/mol. The van der Waals surface area contributed by atoms with Crippen LogP contribution in [0.1, 0.15) is 28.5 Å². The first-order valence-electron chi connectivity index (χ1n) is 8.07. The van der Waals surface area contributed by atoms with Gasteiger partial charge in [-0.1, -0.05) is 42.5 Å². The van der Waals surface area contributed by atoms with Crippen LogP contribution in [0.25, 0.3) is 0 Å². The maximum atomic E-state index is 12.9. The Morgan fingerprint density at radius 1 is 1.12 bits per heavy atom. The quantitative estimate of drug-likeness (QED) is 0.767. The fourth-order valence-corrected chi connectivity index (χ4v) is 4.18. The first-order chi connectivity index (χ1) is 11.9. The van der Waals surface area contributed by atoms with Crippen LogP contribution in [0.3, 0.4) is 0 Å².